The monoisotopic (exact) mass is 209 g/mol. The van der Waals surface area contributed by atoms with Crippen molar-refractivity contribution in [2.75, 3.05) is 0 Å². The van der Waals surface area contributed by atoms with E-state index in [1.54, 1.807) is 0 Å². The predicted octanol–water partition coefficient (Wildman–Crippen LogP) is 1.72. The molecule has 2 fully saturated rings. The van der Waals surface area contributed by atoms with E-state index >= 15 is 0 Å². The molecule has 15 heavy (non-hydrogen) atoms. The second kappa shape index (κ2) is 3.58. The highest BCUT2D eigenvalue weighted by atomic mass is 16.8. The number of hydrogen-bond acceptors (Lipinski definition) is 3. The molecule has 0 bridgehead atoms. The summed E-state index contributed by atoms with van der Waals surface area (Å²) in [4.78, 5) is 0. The van der Waals surface area contributed by atoms with E-state index < -0.39 is 0 Å². The van der Waals surface area contributed by atoms with Crippen LogP contribution in [0.2, 0.25) is 0 Å². The topological polar surface area (TPSA) is 44.5 Å². The van der Waals surface area contributed by atoms with E-state index in [0.29, 0.717) is 0 Å². The van der Waals surface area contributed by atoms with Gasteiger partial charge in [0, 0.05) is 12.8 Å². The van der Waals surface area contributed by atoms with Gasteiger partial charge in [-0.15, -0.1) is 0 Å². The third kappa shape index (κ3) is 1.63. The van der Waals surface area contributed by atoms with E-state index in [1.807, 2.05) is 6.08 Å². The summed E-state index contributed by atoms with van der Waals surface area (Å²) in [5.74, 6) is -0.281. The fourth-order valence-corrected chi connectivity index (χ4v) is 3.01. The highest BCUT2D eigenvalue weighted by molar-refractivity contribution is 5.08. The van der Waals surface area contributed by atoms with Crippen LogP contribution >= 0.6 is 0 Å². The van der Waals surface area contributed by atoms with Crippen molar-refractivity contribution in [3.05, 3.63) is 12.2 Å². The maximum absolute atomic E-state index is 6.11. The number of rotatable bonds is 0. The molecule has 3 aliphatic rings. The number of nitrogens with two attached hydrogens (primary N) is 1. The highest BCUT2D eigenvalue weighted by Crippen LogP contribution is 2.42. The van der Waals surface area contributed by atoms with Gasteiger partial charge < -0.3 is 15.2 Å². The van der Waals surface area contributed by atoms with Gasteiger partial charge in [-0.25, -0.2) is 0 Å². The number of hydrogen-bond donors (Lipinski definition) is 1. The Bertz CT molecular complexity index is 271. The molecule has 3 atom stereocenters. The molecule has 0 aromatic rings. The van der Waals surface area contributed by atoms with Crippen molar-refractivity contribution in [3.63, 3.8) is 0 Å². The van der Waals surface area contributed by atoms with Crippen LogP contribution < -0.4 is 5.73 Å². The Balaban J connectivity index is 1.76. The van der Waals surface area contributed by atoms with E-state index in [1.165, 1.54) is 19.3 Å². The van der Waals surface area contributed by atoms with Gasteiger partial charge in [0.25, 0.3) is 0 Å². The van der Waals surface area contributed by atoms with E-state index in [-0.39, 0.29) is 24.0 Å². The molecule has 3 nitrogen and oxygen atoms in total. The molecule has 84 valence electrons. The van der Waals surface area contributed by atoms with Crippen LogP contribution in [0.3, 0.4) is 0 Å². The van der Waals surface area contributed by atoms with Gasteiger partial charge in [-0.05, 0) is 19.3 Å². The molecule has 1 heterocycles. The standard InChI is InChI=1S/C12H19NO2/c13-9-5-4-6-10-11(9)15-12(14-10)7-2-1-3-8-12/h4-5,9-11H,1-3,6-8,13H2/t9-,10-,11+/m0/s1. The van der Waals surface area contributed by atoms with E-state index in [0.717, 1.165) is 19.3 Å². The third-order valence-corrected chi connectivity index (χ3v) is 3.80. The largest absolute Gasteiger partial charge is 0.344 e. The molecule has 3 rings (SSSR count). The van der Waals surface area contributed by atoms with Gasteiger partial charge in [0.2, 0.25) is 0 Å². The molecule has 0 amide bonds. The minimum Gasteiger partial charge on any atom is -0.344 e. The van der Waals surface area contributed by atoms with Crippen molar-refractivity contribution >= 4 is 0 Å². The zero-order chi connectivity index (χ0) is 10.3. The first-order valence-corrected chi connectivity index (χ1v) is 6.07. The van der Waals surface area contributed by atoms with Gasteiger partial charge in [0.1, 0.15) is 6.10 Å². The van der Waals surface area contributed by atoms with Crippen LogP contribution in [0.1, 0.15) is 38.5 Å². The van der Waals surface area contributed by atoms with Crippen LogP contribution in [-0.2, 0) is 9.47 Å². The van der Waals surface area contributed by atoms with Gasteiger partial charge in [0.15, 0.2) is 5.79 Å². The zero-order valence-electron chi connectivity index (χ0n) is 9.02. The summed E-state index contributed by atoms with van der Waals surface area (Å²) in [6.45, 7) is 0. The smallest absolute Gasteiger partial charge is 0.169 e. The molecule has 0 unspecified atom stereocenters. The fraction of sp³-hybridized carbons (Fsp3) is 0.833. The Morgan fingerprint density at radius 3 is 2.67 bits per heavy atom. The minimum absolute atomic E-state index is 0.0186. The average molecular weight is 209 g/mol. The fourth-order valence-electron chi connectivity index (χ4n) is 3.01. The van der Waals surface area contributed by atoms with Crippen molar-refractivity contribution in [3.8, 4) is 0 Å². The Morgan fingerprint density at radius 2 is 1.93 bits per heavy atom. The second-order valence-corrected chi connectivity index (χ2v) is 4.95. The first-order chi connectivity index (χ1) is 7.29. The van der Waals surface area contributed by atoms with Crippen molar-refractivity contribution in [2.24, 2.45) is 5.73 Å². The minimum atomic E-state index is -0.281. The van der Waals surface area contributed by atoms with Gasteiger partial charge >= 0.3 is 0 Å². The first kappa shape index (κ1) is 9.82. The zero-order valence-corrected chi connectivity index (χ0v) is 9.02. The van der Waals surface area contributed by atoms with Crippen LogP contribution in [0.5, 0.6) is 0 Å². The SMILES string of the molecule is N[C@H]1C=CC[C@@H]2OC3(CCCCC3)O[C@@H]21. The van der Waals surface area contributed by atoms with Gasteiger partial charge in [-0.3, -0.25) is 0 Å². The van der Waals surface area contributed by atoms with Gasteiger partial charge in [-0.2, -0.15) is 0 Å². The molecule has 0 radical (unpaired) electrons. The molecule has 3 heteroatoms. The average Bonchev–Trinajstić information content (AvgIpc) is 2.59. The molecular formula is C12H19NO2. The molecule has 1 saturated carbocycles. The van der Waals surface area contributed by atoms with Crippen molar-refractivity contribution < 1.29 is 9.47 Å². The summed E-state index contributed by atoms with van der Waals surface area (Å²) in [6.07, 6.45) is 11.3. The normalized spacial score (nSPS) is 43.1. The summed E-state index contributed by atoms with van der Waals surface area (Å²) in [6, 6.07) is 0.0186. The van der Waals surface area contributed by atoms with Crippen molar-refractivity contribution in [2.45, 2.75) is 62.6 Å². The van der Waals surface area contributed by atoms with Gasteiger partial charge in [-0.1, -0.05) is 18.6 Å². The third-order valence-electron chi connectivity index (χ3n) is 3.80. The molecular weight excluding hydrogens is 190 g/mol. The predicted molar refractivity (Wildman–Crippen MR) is 57.3 cm³/mol. The lowest BCUT2D eigenvalue weighted by Crippen LogP contribution is -2.42. The quantitative estimate of drug-likeness (QED) is 0.618. The molecule has 2 aliphatic carbocycles. The van der Waals surface area contributed by atoms with E-state index in [2.05, 4.69) is 6.08 Å². The van der Waals surface area contributed by atoms with Crippen LogP contribution in [0, 0.1) is 0 Å². The summed E-state index contributed by atoms with van der Waals surface area (Å²) >= 11 is 0. The number of ether oxygens (including phenoxy) is 2. The maximum Gasteiger partial charge on any atom is 0.169 e. The Hall–Kier alpha value is -0.380. The van der Waals surface area contributed by atoms with Crippen molar-refractivity contribution in [1.82, 2.24) is 0 Å². The summed E-state index contributed by atoms with van der Waals surface area (Å²) in [5, 5.41) is 0. The highest BCUT2D eigenvalue weighted by Gasteiger charge is 2.49. The Labute approximate surface area is 90.6 Å². The molecule has 0 aromatic carbocycles. The first-order valence-electron chi connectivity index (χ1n) is 6.07. The van der Waals surface area contributed by atoms with Gasteiger partial charge in [0.05, 0.1) is 12.1 Å². The van der Waals surface area contributed by atoms with Crippen LogP contribution in [0.15, 0.2) is 12.2 Å². The van der Waals surface area contributed by atoms with Crippen LogP contribution in [0.4, 0.5) is 0 Å². The Morgan fingerprint density at radius 1 is 1.13 bits per heavy atom. The second-order valence-electron chi connectivity index (χ2n) is 4.95. The van der Waals surface area contributed by atoms with Crippen LogP contribution in [-0.4, -0.2) is 24.0 Å². The summed E-state index contributed by atoms with van der Waals surface area (Å²) < 4.78 is 12.2. The molecule has 1 spiro atoms. The Kier molecular flexibility index (Phi) is 2.34. The maximum atomic E-state index is 6.11. The molecule has 1 aliphatic heterocycles. The number of fused-ring (bicyclic) bond motifs is 1. The molecule has 1 saturated heterocycles. The van der Waals surface area contributed by atoms with Crippen molar-refractivity contribution in [1.29, 1.82) is 0 Å². The summed E-state index contributed by atoms with van der Waals surface area (Å²) in [7, 11) is 0. The van der Waals surface area contributed by atoms with Crippen LogP contribution in [0.25, 0.3) is 0 Å². The van der Waals surface area contributed by atoms with E-state index in [9.17, 15) is 0 Å². The lowest BCUT2D eigenvalue weighted by atomic mass is 9.94. The lowest BCUT2D eigenvalue weighted by molar-refractivity contribution is -0.193. The summed E-state index contributed by atoms with van der Waals surface area (Å²) in [5.41, 5.74) is 6.02. The lowest BCUT2D eigenvalue weighted by Gasteiger charge is -2.32. The molecule has 0 aromatic heterocycles. The molecule has 2 N–H and O–H groups in total. The van der Waals surface area contributed by atoms with E-state index in [4.69, 9.17) is 15.2 Å².